The number of rotatable bonds is 3. The van der Waals surface area contributed by atoms with Crippen LogP contribution in [0, 0.1) is 11.3 Å². The van der Waals surface area contributed by atoms with Crippen LogP contribution in [-0.2, 0) is 6.54 Å². The second kappa shape index (κ2) is 5.22. The Morgan fingerprint density at radius 3 is 2.76 bits per heavy atom. The molecule has 0 amide bonds. The van der Waals surface area contributed by atoms with E-state index in [1.807, 2.05) is 12.3 Å². The Labute approximate surface area is 109 Å². The molecule has 2 rings (SSSR count). The topological polar surface area (TPSA) is 41.6 Å². The summed E-state index contributed by atoms with van der Waals surface area (Å²) < 4.78 is 1.74. The third-order valence-electron chi connectivity index (χ3n) is 2.34. The molecule has 1 aromatic carbocycles. The van der Waals surface area contributed by atoms with Crippen LogP contribution >= 0.6 is 23.2 Å². The summed E-state index contributed by atoms with van der Waals surface area (Å²) in [6.07, 6.45) is 4.08. The van der Waals surface area contributed by atoms with Gasteiger partial charge in [0.2, 0.25) is 0 Å². The van der Waals surface area contributed by atoms with Crippen molar-refractivity contribution in [3.63, 3.8) is 0 Å². The van der Waals surface area contributed by atoms with Crippen LogP contribution < -0.4 is 0 Å². The van der Waals surface area contributed by atoms with Gasteiger partial charge in [-0.15, -0.1) is 0 Å². The summed E-state index contributed by atoms with van der Waals surface area (Å²) in [6.45, 7) is 0.595. The molecule has 0 saturated heterocycles. The molecule has 2 aromatic rings. The van der Waals surface area contributed by atoms with E-state index in [1.165, 1.54) is 0 Å². The number of hydrogen-bond acceptors (Lipinski definition) is 2. The quantitative estimate of drug-likeness (QED) is 0.848. The molecule has 0 aliphatic heterocycles. The van der Waals surface area contributed by atoms with E-state index in [0.717, 1.165) is 11.1 Å². The average Bonchev–Trinajstić information content (AvgIpc) is 2.79. The monoisotopic (exact) mass is 265 g/mol. The molecule has 0 unspecified atom stereocenters. The molecule has 5 heteroatoms. The molecule has 0 atom stereocenters. The van der Waals surface area contributed by atoms with Gasteiger partial charge in [0.1, 0.15) is 0 Å². The van der Waals surface area contributed by atoms with Crippen LogP contribution in [0.5, 0.6) is 0 Å². The Kier molecular flexibility index (Phi) is 3.68. The molecule has 17 heavy (non-hydrogen) atoms. The van der Waals surface area contributed by atoms with E-state index in [1.54, 1.807) is 23.0 Å². The van der Waals surface area contributed by atoms with Crippen molar-refractivity contribution in [1.82, 2.24) is 9.78 Å². The summed E-state index contributed by atoms with van der Waals surface area (Å²) in [5.41, 5.74) is 1.92. The Hall–Kier alpha value is -1.50. The fraction of sp³-hybridized carbons (Fsp3) is 0.167. The highest BCUT2D eigenvalue weighted by molar-refractivity contribution is 6.42. The maximum Gasteiger partial charge on any atom is 0.0641 e. The molecular formula is C12H9Cl2N3. The van der Waals surface area contributed by atoms with Gasteiger partial charge in [0.05, 0.1) is 35.3 Å². The van der Waals surface area contributed by atoms with Crippen molar-refractivity contribution in [2.24, 2.45) is 0 Å². The highest BCUT2D eigenvalue weighted by Crippen LogP contribution is 2.28. The van der Waals surface area contributed by atoms with E-state index in [9.17, 15) is 0 Å². The van der Waals surface area contributed by atoms with Crippen molar-refractivity contribution in [2.75, 3.05) is 0 Å². The van der Waals surface area contributed by atoms with Crippen molar-refractivity contribution in [2.45, 2.75) is 13.0 Å². The first-order chi connectivity index (χ1) is 8.20. The van der Waals surface area contributed by atoms with Gasteiger partial charge in [-0.3, -0.25) is 4.68 Å². The smallest absolute Gasteiger partial charge is 0.0641 e. The fourth-order valence-electron chi connectivity index (χ4n) is 1.48. The second-order valence-corrected chi connectivity index (χ2v) is 4.34. The normalized spacial score (nSPS) is 10.2. The molecule has 0 spiro atoms. The molecular weight excluding hydrogens is 257 g/mol. The van der Waals surface area contributed by atoms with Crippen LogP contribution in [0.3, 0.4) is 0 Å². The number of hydrogen-bond donors (Lipinski definition) is 0. The molecule has 0 aliphatic carbocycles. The minimum Gasteiger partial charge on any atom is -0.271 e. The lowest BCUT2D eigenvalue weighted by Crippen LogP contribution is -1.96. The van der Waals surface area contributed by atoms with Crippen LogP contribution in [0.1, 0.15) is 6.42 Å². The van der Waals surface area contributed by atoms with Crippen molar-refractivity contribution < 1.29 is 0 Å². The Morgan fingerprint density at radius 1 is 1.24 bits per heavy atom. The zero-order valence-electron chi connectivity index (χ0n) is 8.90. The zero-order chi connectivity index (χ0) is 12.3. The summed E-state index contributed by atoms with van der Waals surface area (Å²) in [5, 5.41) is 13.7. The molecule has 0 saturated carbocycles. The van der Waals surface area contributed by atoms with E-state index in [2.05, 4.69) is 11.2 Å². The number of nitriles is 1. The van der Waals surface area contributed by atoms with Crippen molar-refractivity contribution in [3.05, 3.63) is 40.6 Å². The van der Waals surface area contributed by atoms with Crippen LogP contribution in [-0.4, -0.2) is 9.78 Å². The predicted molar refractivity (Wildman–Crippen MR) is 67.9 cm³/mol. The van der Waals surface area contributed by atoms with Crippen molar-refractivity contribution in [1.29, 1.82) is 5.26 Å². The van der Waals surface area contributed by atoms with Crippen LogP contribution in [0.15, 0.2) is 30.6 Å². The second-order valence-electron chi connectivity index (χ2n) is 3.53. The number of nitrogens with zero attached hydrogens (tertiary/aromatic N) is 3. The molecule has 0 aliphatic rings. The fourth-order valence-corrected chi connectivity index (χ4v) is 1.77. The summed E-state index contributed by atoms with van der Waals surface area (Å²) in [6, 6.07) is 7.53. The maximum atomic E-state index is 8.50. The summed E-state index contributed by atoms with van der Waals surface area (Å²) in [5.74, 6) is 0. The van der Waals surface area contributed by atoms with Gasteiger partial charge in [0.15, 0.2) is 0 Å². The van der Waals surface area contributed by atoms with Gasteiger partial charge >= 0.3 is 0 Å². The molecule has 1 heterocycles. The first-order valence-electron chi connectivity index (χ1n) is 5.05. The van der Waals surface area contributed by atoms with E-state index < -0.39 is 0 Å². The maximum absolute atomic E-state index is 8.50. The first kappa shape index (κ1) is 12.0. The summed E-state index contributed by atoms with van der Waals surface area (Å²) >= 11 is 11.8. The van der Waals surface area contributed by atoms with Gasteiger partial charge in [-0.1, -0.05) is 29.3 Å². The first-order valence-corrected chi connectivity index (χ1v) is 5.81. The van der Waals surface area contributed by atoms with Gasteiger partial charge in [-0.2, -0.15) is 10.4 Å². The molecule has 0 N–H and O–H groups in total. The van der Waals surface area contributed by atoms with Crippen molar-refractivity contribution in [3.8, 4) is 17.2 Å². The van der Waals surface area contributed by atoms with E-state index in [-0.39, 0.29) is 0 Å². The third kappa shape index (κ3) is 2.79. The van der Waals surface area contributed by atoms with Crippen LogP contribution in [0.4, 0.5) is 0 Å². The lowest BCUT2D eigenvalue weighted by Gasteiger charge is -2.00. The third-order valence-corrected chi connectivity index (χ3v) is 3.08. The minimum absolute atomic E-state index is 0.447. The van der Waals surface area contributed by atoms with Gasteiger partial charge in [-0.25, -0.2) is 0 Å². The lowest BCUT2D eigenvalue weighted by molar-refractivity contribution is 0.628. The Morgan fingerprint density at radius 2 is 2.06 bits per heavy atom. The lowest BCUT2D eigenvalue weighted by atomic mass is 10.1. The Balaban J connectivity index is 2.25. The van der Waals surface area contributed by atoms with E-state index in [4.69, 9.17) is 28.5 Å². The average molecular weight is 266 g/mol. The predicted octanol–water partition coefficient (Wildman–Crippen LogP) is 3.77. The van der Waals surface area contributed by atoms with Crippen LogP contribution in [0.2, 0.25) is 10.0 Å². The highest BCUT2D eigenvalue weighted by Gasteiger charge is 2.04. The summed E-state index contributed by atoms with van der Waals surface area (Å²) in [4.78, 5) is 0. The van der Waals surface area contributed by atoms with Gasteiger partial charge in [0, 0.05) is 11.8 Å². The molecule has 0 fully saturated rings. The highest BCUT2D eigenvalue weighted by atomic mass is 35.5. The Bertz CT molecular complexity index is 569. The number of aryl methyl sites for hydroxylation is 1. The molecule has 86 valence electrons. The summed E-state index contributed by atoms with van der Waals surface area (Å²) in [7, 11) is 0. The minimum atomic E-state index is 0.447. The van der Waals surface area contributed by atoms with Gasteiger partial charge in [0.25, 0.3) is 0 Å². The van der Waals surface area contributed by atoms with Crippen molar-refractivity contribution >= 4 is 23.2 Å². The molecule has 3 nitrogen and oxygen atoms in total. The largest absolute Gasteiger partial charge is 0.271 e. The van der Waals surface area contributed by atoms with E-state index in [0.29, 0.717) is 23.0 Å². The number of aromatic nitrogens is 2. The van der Waals surface area contributed by atoms with E-state index >= 15 is 0 Å². The van der Waals surface area contributed by atoms with Gasteiger partial charge in [-0.05, 0) is 17.7 Å². The molecule has 1 aromatic heterocycles. The standard InChI is InChI=1S/C12H9Cl2N3/c13-11-3-2-9(6-12(11)14)10-7-16-17(8-10)5-1-4-15/h2-3,6-8H,1,5H2. The number of halogens is 2. The van der Waals surface area contributed by atoms with Crippen LogP contribution in [0.25, 0.3) is 11.1 Å². The molecule has 0 radical (unpaired) electrons. The zero-order valence-corrected chi connectivity index (χ0v) is 10.4. The van der Waals surface area contributed by atoms with Gasteiger partial charge < -0.3 is 0 Å². The molecule has 0 bridgehead atoms. The number of benzene rings is 1. The SMILES string of the molecule is N#CCCn1cc(-c2ccc(Cl)c(Cl)c2)cn1.